The molecule has 13 heterocycles. The summed E-state index contributed by atoms with van der Waals surface area (Å²) in [4.78, 5) is 142. The van der Waals surface area contributed by atoms with E-state index in [0.29, 0.717) is 155 Å². The van der Waals surface area contributed by atoms with Crippen LogP contribution in [0.3, 0.4) is 0 Å². The first kappa shape index (κ1) is 107. The average Bonchev–Trinajstić information content (AvgIpc) is 1.07. The van der Waals surface area contributed by atoms with Crippen molar-refractivity contribution in [1.29, 1.82) is 15.8 Å². The van der Waals surface area contributed by atoms with Gasteiger partial charge in [-0.1, -0.05) is 5.21 Å². The highest BCUT2D eigenvalue weighted by Gasteiger charge is 2.59. The van der Waals surface area contributed by atoms with Crippen molar-refractivity contribution in [1.82, 2.24) is 106 Å². The molecule has 4 saturated heterocycles. The van der Waals surface area contributed by atoms with Gasteiger partial charge in [-0.15, -0.1) is 5.10 Å². The molecule has 794 valence electrons. The fourth-order valence-electron chi connectivity index (χ4n) is 18.2. The third-order valence-corrected chi connectivity index (χ3v) is 28.3. The number of nitrogens with two attached hydrogens (primary N) is 6. The molecule has 7 aliphatic carbocycles. The number of piperidine rings is 4. The van der Waals surface area contributed by atoms with Crippen LogP contribution >= 0.6 is 0 Å². The summed E-state index contributed by atoms with van der Waals surface area (Å²) in [5.41, 5.74) is 38.8. The molecule has 11 fully saturated rings. The summed E-state index contributed by atoms with van der Waals surface area (Å²) in [5, 5.41) is 55.0. The van der Waals surface area contributed by atoms with Crippen LogP contribution in [0, 0.1) is 100 Å². The number of aliphatic hydroxyl groups is 1. The summed E-state index contributed by atoms with van der Waals surface area (Å²) in [6.45, 7) is 13.0. The highest BCUT2D eigenvalue weighted by Crippen LogP contribution is 2.57. The number of rotatable bonds is 36. The molecule has 20 rings (SSSR count). The van der Waals surface area contributed by atoms with Gasteiger partial charge < -0.3 is 109 Å². The van der Waals surface area contributed by atoms with E-state index >= 15 is 0 Å². The van der Waals surface area contributed by atoms with Gasteiger partial charge in [-0.05, 0) is 178 Å². The van der Waals surface area contributed by atoms with Crippen LogP contribution < -0.4 is 104 Å². The van der Waals surface area contributed by atoms with Crippen molar-refractivity contribution in [3.8, 4) is 65.0 Å². The second-order valence-corrected chi connectivity index (χ2v) is 39.5. The molecule has 9 aromatic rings. The van der Waals surface area contributed by atoms with Crippen LogP contribution in [0.15, 0.2) is 67.0 Å². The summed E-state index contributed by atoms with van der Waals surface area (Å²) in [6.07, 6.45) is 9.88. The SMILES string of the molecule is CCNC(=O)c1cc(N2CCC(COc3cc(-c4nnn(C)c4C)cnc3N)CC2)nc(OC[C@H]2C[C@H]2C#N)n1.C[C@H](CO)NC(=O)c1cc(N2CCC(c3ccc(N)c(C(N)=O)n3)CC2)nc(OCC2CC2(F)F)n1.C[C@H](NC(=O)c1nc(OC[C@H]2C[C@H]2C#N)nc(N2CCC(c3ccc(N)c(C(N)=O)n3)CC2)n1)C(F)(F)F.N#C[C@@H]1C[C@@H]1COc1nc(C(=O)NC23CC(C2)C3)nc(N2CCC(COc3cccnc3N)CC2)n1. The van der Waals surface area contributed by atoms with E-state index in [-0.39, 0.29) is 161 Å². The number of primary amides is 2. The van der Waals surface area contributed by atoms with Crippen molar-refractivity contribution >= 4 is 82.0 Å². The summed E-state index contributed by atoms with van der Waals surface area (Å²) < 4.78 is 102. The number of pyridine rings is 4. The number of hydrogen-bond donors (Lipinski definition) is 11. The normalized spacial score (nSPS) is 21.7. The van der Waals surface area contributed by atoms with Crippen molar-refractivity contribution < 1.29 is 84.2 Å². The predicted molar refractivity (Wildman–Crippen MR) is 529 cm³/mol. The van der Waals surface area contributed by atoms with Gasteiger partial charge in [0.05, 0.1) is 98.6 Å². The number of nitrogen functional groups attached to an aromatic ring is 4. The number of amides is 6. The molecule has 150 heavy (non-hydrogen) atoms. The highest BCUT2D eigenvalue weighted by molar-refractivity contribution is 5.97. The number of nitriles is 3. The van der Waals surface area contributed by atoms with Crippen LogP contribution in [0.1, 0.15) is 209 Å². The first-order valence-electron chi connectivity index (χ1n) is 49.9. The minimum Gasteiger partial charge on any atom is -0.489 e. The molecule has 17 N–H and O–H groups in total. The predicted octanol–water partition coefficient (Wildman–Crippen LogP) is 6.74. The maximum atomic E-state index is 13.3. The minimum absolute atomic E-state index is 0.00206. The van der Waals surface area contributed by atoms with Crippen molar-refractivity contribution in [2.24, 2.45) is 77.7 Å². The number of nitrogens with zero attached hydrogens (tertiary/aromatic N) is 24. The van der Waals surface area contributed by atoms with Gasteiger partial charge in [-0.3, -0.25) is 33.4 Å². The molecule has 52 heteroatoms. The molecule has 0 aromatic carbocycles. The van der Waals surface area contributed by atoms with E-state index in [0.717, 1.165) is 114 Å². The monoisotopic (exact) mass is 2070 g/mol. The van der Waals surface area contributed by atoms with Crippen molar-refractivity contribution in [3.63, 3.8) is 0 Å². The lowest BCUT2D eigenvalue weighted by molar-refractivity contribution is -0.149. The van der Waals surface area contributed by atoms with Crippen molar-refractivity contribution in [2.75, 3.05) is 148 Å². The molecule has 6 amide bonds. The number of aliphatic hydroxyl groups excluding tert-OH is 1. The van der Waals surface area contributed by atoms with Crippen molar-refractivity contribution in [2.45, 2.75) is 166 Å². The van der Waals surface area contributed by atoms with Gasteiger partial charge in [0.15, 0.2) is 34.5 Å². The number of halogens is 5. The smallest absolute Gasteiger partial charge is 0.408 e. The molecule has 9 atom stereocenters. The third-order valence-electron chi connectivity index (χ3n) is 28.3. The summed E-state index contributed by atoms with van der Waals surface area (Å²) in [7, 11) is 1.84. The first-order chi connectivity index (χ1) is 71.9. The Bertz CT molecular complexity index is 6530. The van der Waals surface area contributed by atoms with E-state index in [1.807, 2.05) is 43.2 Å². The fraction of sp³-hybridized carbons (Fsp3) is 0.541. The summed E-state index contributed by atoms with van der Waals surface area (Å²) in [5.74, 6) is -2.46. The lowest BCUT2D eigenvalue weighted by Gasteiger charge is -2.61. The molecule has 0 radical (unpaired) electrons. The van der Waals surface area contributed by atoms with Gasteiger partial charge in [0.25, 0.3) is 41.4 Å². The Labute approximate surface area is 858 Å². The maximum Gasteiger partial charge on any atom is 0.408 e. The standard InChI is InChI=1S/C27H34N10O3.C25H30N8O3.C23H26F3N9O3.C23H29F2N7O4/c1-4-30-26(38)21-11-23(33-27(32-21)40-15-20-9-18(20)12-28)37-7-5-17(6-8-37)14-39-22-10-19(13-31-25(22)29)24-16(2)36(3)35-34-24;26-12-17-8-18(17)14-36-24-30-21(22(34)32-25-9-16(10-25)11-25)29-23(31-24)33-6-3-15(4-7-33)13-35-19-2-1-5-28-20(19)27;1-11(23(24,25)26)30-20(37)19-32-21(34-22(33-19)38-10-14-8-13(14)9-27)35-6-4-12(5-7-35)16-3-2-15(28)17(31-16)18(29)36;1-12(10-33)28-21(35)17-8-18(31-22(30-17)36-11-14-9-23(14,24)25)32-6-4-13(5-7-32)16-3-2-15(26)19(29-16)20(27)34/h10-11,13,17-18,20H,4-9,14-15H2,1-3H3,(H2,29,31)(H,30,38);1-2,5,15-18H,3-4,6-11,13-14H2,(H2,27,28)(H,32,34);2-3,11-14H,4-8,10,28H2,1H3,(H2,29,36)(H,30,37);2-3,8,12-14,33H,4-7,9-11,26H2,1H3,(H2,27,34)(H,28,35)/t18-,20+;16?,17-,18+,25?;11-,13-,14+;12-,14?/m0001/s1. The van der Waals surface area contributed by atoms with E-state index in [4.69, 9.17) is 78.6 Å². The van der Waals surface area contributed by atoms with E-state index in [1.165, 1.54) is 6.07 Å². The van der Waals surface area contributed by atoms with Gasteiger partial charge in [0, 0.05) is 155 Å². The Hall–Kier alpha value is -16.0. The van der Waals surface area contributed by atoms with Crippen LogP contribution in [0.5, 0.6) is 35.5 Å². The topological polar surface area (TPSA) is 678 Å². The molecule has 47 nitrogen and oxygen atoms in total. The zero-order valence-electron chi connectivity index (χ0n) is 83.3. The molecular formula is C98H119F5N34O13. The zero-order valence-corrected chi connectivity index (χ0v) is 83.3. The lowest BCUT2D eigenvalue weighted by atomic mass is 9.50. The number of aryl methyl sites for hydroxylation is 1. The van der Waals surface area contributed by atoms with E-state index in [2.05, 4.69) is 124 Å². The number of carbonyl (C=O) groups excluding carboxylic acids is 6. The second kappa shape index (κ2) is 46.6. The molecule has 4 aliphatic heterocycles. The maximum absolute atomic E-state index is 13.3. The number of aromatic nitrogens is 17. The third kappa shape index (κ3) is 27.1. The van der Waals surface area contributed by atoms with Crippen LogP contribution in [0.25, 0.3) is 11.3 Å². The number of alkyl halides is 5. The molecule has 1 unspecified atom stereocenters. The van der Waals surface area contributed by atoms with Crippen LogP contribution in [-0.2, 0) is 7.05 Å². The van der Waals surface area contributed by atoms with Crippen LogP contribution in [0.2, 0.25) is 0 Å². The largest absolute Gasteiger partial charge is 0.489 e. The molecule has 2 bridgehead atoms. The zero-order chi connectivity index (χ0) is 107. The number of hydrogen-bond acceptors (Lipinski definition) is 40. The Kier molecular flexibility index (Phi) is 33.2. The number of nitrogens with one attached hydrogen (secondary N) is 4. The molecule has 7 saturated carbocycles. The fourth-order valence-corrected chi connectivity index (χ4v) is 18.2. The van der Waals surface area contributed by atoms with E-state index < -0.39 is 59.6 Å². The number of anilines is 8. The van der Waals surface area contributed by atoms with Gasteiger partial charge >= 0.3 is 30.2 Å². The summed E-state index contributed by atoms with van der Waals surface area (Å²) >= 11 is 0. The van der Waals surface area contributed by atoms with Gasteiger partial charge in [-0.2, -0.15) is 78.8 Å². The molecule has 0 spiro atoms. The van der Waals surface area contributed by atoms with Crippen molar-refractivity contribution in [3.05, 3.63) is 118 Å². The van der Waals surface area contributed by atoms with Gasteiger partial charge in [0.1, 0.15) is 41.4 Å². The summed E-state index contributed by atoms with van der Waals surface area (Å²) in [6, 6.07) is 19.4. The van der Waals surface area contributed by atoms with Crippen LogP contribution in [0.4, 0.5) is 68.5 Å². The first-order valence-corrected chi connectivity index (χ1v) is 49.9. The number of ether oxygens (including phenoxy) is 6. The van der Waals surface area contributed by atoms with Gasteiger partial charge in [0.2, 0.25) is 23.5 Å². The Morgan fingerprint density at radius 2 is 0.987 bits per heavy atom. The quantitative estimate of drug-likeness (QED) is 0.0181. The molecule has 11 aliphatic rings. The van der Waals surface area contributed by atoms with Crippen LogP contribution in [-0.4, -0.2) is 260 Å². The Morgan fingerprint density at radius 1 is 0.533 bits per heavy atom. The lowest BCUT2D eigenvalue weighted by Crippen LogP contribution is -2.68. The number of carbonyl (C=O) groups is 6. The average molecular weight is 2080 g/mol. The Balaban J connectivity index is 0.000000142. The molecule has 9 aromatic heterocycles. The highest BCUT2D eigenvalue weighted by atomic mass is 19.4. The second-order valence-electron chi connectivity index (χ2n) is 39.5. The van der Waals surface area contributed by atoms with Gasteiger partial charge in [-0.25, -0.2) is 28.7 Å². The van der Waals surface area contributed by atoms with E-state index in [9.17, 15) is 55.8 Å². The minimum atomic E-state index is -4.64. The molecular weight excluding hydrogens is 1960 g/mol. The Morgan fingerprint density at radius 3 is 1.42 bits per heavy atom. The van der Waals surface area contributed by atoms with E-state index in [1.54, 1.807) is 65.3 Å².